The third-order valence-electron chi connectivity index (χ3n) is 3.59. The highest BCUT2D eigenvalue weighted by molar-refractivity contribution is 5.56. The molecule has 0 spiro atoms. The topological polar surface area (TPSA) is 28.4 Å². The standard InChI is InChI=1S/C16H21FN2O/c1-11-8-16(14(9-15(11)17)12(2)18-3)19(4)10-13-6-5-7-20-13/h5-9,12,18H,10H2,1-4H3. The minimum Gasteiger partial charge on any atom is -0.467 e. The van der Waals surface area contributed by atoms with Crippen LogP contribution in [0.4, 0.5) is 10.1 Å². The molecule has 0 aliphatic rings. The summed E-state index contributed by atoms with van der Waals surface area (Å²) >= 11 is 0. The summed E-state index contributed by atoms with van der Waals surface area (Å²) in [6.07, 6.45) is 1.66. The molecular weight excluding hydrogens is 255 g/mol. The second kappa shape index (κ2) is 6.09. The summed E-state index contributed by atoms with van der Waals surface area (Å²) in [5, 5.41) is 3.17. The van der Waals surface area contributed by atoms with Crippen LogP contribution in [0.15, 0.2) is 34.9 Å². The van der Waals surface area contributed by atoms with E-state index in [1.54, 1.807) is 19.3 Å². The van der Waals surface area contributed by atoms with Gasteiger partial charge in [-0.2, -0.15) is 0 Å². The molecule has 0 fully saturated rings. The molecule has 3 nitrogen and oxygen atoms in total. The number of rotatable bonds is 5. The Morgan fingerprint density at radius 3 is 2.75 bits per heavy atom. The van der Waals surface area contributed by atoms with Crippen LogP contribution in [0.3, 0.4) is 0 Å². The zero-order chi connectivity index (χ0) is 14.7. The van der Waals surface area contributed by atoms with E-state index >= 15 is 0 Å². The van der Waals surface area contributed by atoms with Crippen molar-refractivity contribution >= 4 is 5.69 Å². The van der Waals surface area contributed by atoms with Gasteiger partial charge in [0.15, 0.2) is 0 Å². The lowest BCUT2D eigenvalue weighted by Gasteiger charge is -2.25. The number of anilines is 1. The first-order valence-electron chi connectivity index (χ1n) is 6.73. The van der Waals surface area contributed by atoms with Crippen LogP contribution >= 0.6 is 0 Å². The molecule has 1 N–H and O–H groups in total. The minimum absolute atomic E-state index is 0.0825. The summed E-state index contributed by atoms with van der Waals surface area (Å²) in [5.74, 6) is 0.717. The lowest BCUT2D eigenvalue weighted by molar-refractivity contribution is 0.506. The van der Waals surface area contributed by atoms with Gasteiger partial charge >= 0.3 is 0 Å². The molecule has 1 aromatic carbocycles. The van der Waals surface area contributed by atoms with Crippen LogP contribution in [0.2, 0.25) is 0 Å². The normalized spacial score (nSPS) is 12.4. The van der Waals surface area contributed by atoms with E-state index in [2.05, 4.69) is 10.2 Å². The van der Waals surface area contributed by atoms with Crippen molar-refractivity contribution in [3.05, 3.63) is 53.2 Å². The van der Waals surface area contributed by atoms with Crippen molar-refractivity contribution in [2.24, 2.45) is 0 Å². The molecule has 2 aromatic rings. The van der Waals surface area contributed by atoms with Gasteiger partial charge in [0, 0.05) is 18.8 Å². The van der Waals surface area contributed by atoms with Crippen molar-refractivity contribution in [1.82, 2.24) is 5.32 Å². The fourth-order valence-corrected chi connectivity index (χ4v) is 2.24. The van der Waals surface area contributed by atoms with Crippen LogP contribution in [0.25, 0.3) is 0 Å². The molecule has 1 unspecified atom stereocenters. The predicted molar refractivity (Wildman–Crippen MR) is 79.4 cm³/mol. The van der Waals surface area contributed by atoms with E-state index in [1.807, 2.05) is 39.2 Å². The largest absolute Gasteiger partial charge is 0.467 e. The van der Waals surface area contributed by atoms with Gasteiger partial charge in [0.05, 0.1) is 12.8 Å². The second-order valence-corrected chi connectivity index (χ2v) is 5.11. The average Bonchev–Trinajstić information content (AvgIpc) is 2.93. The third kappa shape index (κ3) is 3.02. The molecule has 4 heteroatoms. The summed E-state index contributed by atoms with van der Waals surface area (Å²) in [7, 11) is 3.86. The summed E-state index contributed by atoms with van der Waals surface area (Å²) in [5.41, 5.74) is 2.62. The van der Waals surface area contributed by atoms with Gasteiger partial charge in [0.25, 0.3) is 0 Å². The number of furan rings is 1. The summed E-state index contributed by atoms with van der Waals surface area (Å²) in [6.45, 7) is 4.46. The molecular formula is C16H21FN2O. The van der Waals surface area contributed by atoms with Crippen molar-refractivity contribution in [1.29, 1.82) is 0 Å². The van der Waals surface area contributed by atoms with E-state index < -0.39 is 0 Å². The molecule has 0 amide bonds. The third-order valence-corrected chi connectivity index (χ3v) is 3.59. The van der Waals surface area contributed by atoms with Crippen LogP contribution in [0, 0.1) is 12.7 Å². The van der Waals surface area contributed by atoms with E-state index in [4.69, 9.17) is 4.42 Å². The highest BCUT2D eigenvalue weighted by Crippen LogP contribution is 2.29. The maximum Gasteiger partial charge on any atom is 0.126 e. The number of hydrogen-bond donors (Lipinski definition) is 1. The lowest BCUT2D eigenvalue weighted by Crippen LogP contribution is -2.22. The molecule has 0 radical (unpaired) electrons. The minimum atomic E-state index is -0.169. The molecule has 20 heavy (non-hydrogen) atoms. The van der Waals surface area contributed by atoms with Gasteiger partial charge in [0.2, 0.25) is 0 Å². The van der Waals surface area contributed by atoms with E-state index in [1.165, 1.54) is 0 Å². The maximum atomic E-state index is 13.8. The number of nitrogens with zero attached hydrogens (tertiary/aromatic N) is 1. The van der Waals surface area contributed by atoms with Crippen molar-refractivity contribution in [3.63, 3.8) is 0 Å². The Bertz CT molecular complexity index is 566. The molecule has 2 rings (SSSR count). The van der Waals surface area contributed by atoms with E-state index in [0.29, 0.717) is 12.1 Å². The molecule has 1 atom stereocenters. The first-order chi connectivity index (χ1) is 9.52. The molecule has 0 bridgehead atoms. The Labute approximate surface area is 119 Å². The number of benzene rings is 1. The van der Waals surface area contributed by atoms with Gasteiger partial charge in [-0.25, -0.2) is 4.39 Å². The van der Waals surface area contributed by atoms with Crippen LogP contribution in [-0.2, 0) is 6.54 Å². The Kier molecular flexibility index (Phi) is 4.45. The van der Waals surface area contributed by atoms with Crippen LogP contribution in [-0.4, -0.2) is 14.1 Å². The smallest absolute Gasteiger partial charge is 0.126 e. The Hall–Kier alpha value is -1.81. The van der Waals surface area contributed by atoms with E-state index in [9.17, 15) is 4.39 Å². The maximum absolute atomic E-state index is 13.8. The first kappa shape index (κ1) is 14.6. The molecule has 0 saturated heterocycles. The number of aryl methyl sites for hydroxylation is 1. The number of nitrogens with one attached hydrogen (secondary N) is 1. The molecule has 0 aliphatic heterocycles. The summed E-state index contributed by atoms with van der Waals surface area (Å²) in [6, 6.07) is 7.40. The SMILES string of the molecule is CNC(C)c1cc(F)c(C)cc1N(C)Cc1ccco1. The first-order valence-corrected chi connectivity index (χ1v) is 6.73. The van der Waals surface area contributed by atoms with Crippen LogP contribution < -0.4 is 10.2 Å². The molecule has 0 saturated carbocycles. The fraction of sp³-hybridized carbons (Fsp3) is 0.375. The van der Waals surface area contributed by atoms with Gasteiger partial charge in [-0.3, -0.25) is 0 Å². The number of halogens is 1. The Morgan fingerprint density at radius 1 is 1.40 bits per heavy atom. The zero-order valence-electron chi connectivity index (χ0n) is 12.4. The molecule has 1 heterocycles. The summed E-state index contributed by atoms with van der Waals surface area (Å²) in [4.78, 5) is 2.08. The van der Waals surface area contributed by atoms with E-state index in [-0.39, 0.29) is 11.9 Å². The van der Waals surface area contributed by atoms with Gasteiger partial charge in [-0.15, -0.1) is 0 Å². The van der Waals surface area contributed by atoms with Crippen molar-refractivity contribution in [2.45, 2.75) is 26.4 Å². The van der Waals surface area contributed by atoms with Crippen molar-refractivity contribution in [3.8, 4) is 0 Å². The van der Waals surface area contributed by atoms with Gasteiger partial charge in [-0.05, 0) is 56.3 Å². The van der Waals surface area contributed by atoms with Gasteiger partial charge in [-0.1, -0.05) is 0 Å². The average molecular weight is 276 g/mol. The quantitative estimate of drug-likeness (QED) is 0.903. The lowest BCUT2D eigenvalue weighted by atomic mass is 10.0. The second-order valence-electron chi connectivity index (χ2n) is 5.11. The molecule has 108 valence electrons. The van der Waals surface area contributed by atoms with Gasteiger partial charge in [0.1, 0.15) is 11.6 Å². The molecule has 0 aliphatic carbocycles. The van der Waals surface area contributed by atoms with Crippen LogP contribution in [0.1, 0.15) is 29.9 Å². The highest BCUT2D eigenvalue weighted by atomic mass is 19.1. The zero-order valence-corrected chi connectivity index (χ0v) is 12.4. The van der Waals surface area contributed by atoms with Crippen molar-refractivity contribution < 1.29 is 8.81 Å². The Balaban J connectivity index is 2.35. The highest BCUT2D eigenvalue weighted by Gasteiger charge is 2.16. The van der Waals surface area contributed by atoms with E-state index in [0.717, 1.165) is 17.0 Å². The van der Waals surface area contributed by atoms with Gasteiger partial charge < -0.3 is 14.6 Å². The van der Waals surface area contributed by atoms with Crippen LogP contribution in [0.5, 0.6) is 0 Å². The fourth-order valence-electron chi connectivity index (χ4n) is 2.24. The van der Waals surface area contributed by atoms with Crippen molar-refractivity contribution in [2.75, 3.05) is 19.0 Å². The predicted octanol–water partition coefficient (Wildman–Crippen LogP) is 3.64. The number of hydrogen-bond acceptors (Lipinski definition) is 3. The molecule has 1 aromatic heterocycles. The summed E-state index contributed by atoms with van der Waals surface area (Å²) < 4.78 is 19.2. The Morgan fingerprint density at radius 2 is 2.15 bits per heavy atom. The monoisotopic (exact) mass is 276 g/mol.